The van der Waals surface area contributed by atoms with Gasteiger partial charge in [-0.25, -0.2) is 0 Å². The van der Waals surface area contributed by atoms with Crippen molar-refractivity contribution < 1.29 is 14.0 Å². The van der Waals surface area contributed by atoms with E-state index in [0.29, 0.717) is 31.9 Å². The van der Waals surface area contributed by atoms with Gasteiger partial charge < -0.3 is 14.2 Å². The molecule has 2 aromatic rings. The number of carbonyl (C=O) groups excluding carboxylic acids is 2. The zero-order chi connectivity index (χ0) is 16.9. The molecule has 0 bridgehead atoms. The molecule has 0 radical (unpaired) electrons. The lowest BCUT2D eigenvalue weighted by Gasteiger charge is -2.36. The van der Waals surface area contributed by atoms with Crippen LogP contribution in [0.4, 0.5) is 0 Å². The van der Waals surface area contributed by atoms with E-state index in [0.717, 1.165) is 12.0 Å². The molecule has 0 saturated carbocycles. The van der Waals surface area contributed by atoms with Gasteiger partial charge in [0.05, 0.1) is 12.2 Å². The van der Waals surface area contributed by atoms with E-state index in [2.05, 4.69) is 0 Å². The van der Waals surface area contributed by atoms with E-state index in [1.165, 1.54) is 6.26 Å². The number of hydrogen-bond donors (Lipinski definition) is 0. The van der Waals surface area contributed by atoms with Crippen molar-refractivity contribution in [3.63, 3.8) is 0 Å². The molecule has 0 spiro atoms. The fourth-order valence-corrected chi connectivity index (χ4v) is 3.14. The van der Waals surface area contributed by atoms with Crippen molar-refractivity contribution in [2.45, 2.75) is 19.3 Å². The molecule has 1 aromatic carbocycles. The molecule has 0 unspecified atom stereocenters. The van der Waals surface area contributed by atoms with Crippen LogP contribution in [0, 0.1) is 0 Å². The fourth-order valence-electron chi connectivity index (χ4n) is 3.14. The molecule has 126 valence electrons. The Morgan fingerprint density at radius 1 is 1.00 bits per heavy atom. The smallest absolute Gasteiger partial charge is 0.289 e. The summed E-state index contributed by atoms with van der Waals surface area (Å²) in [7, 11) is 0. The van der Waals surface area contributed by atoms with Gasteiger partial charge in [0.25, 0.3) is 5.91 Å². The highest BCUT2D eigenvalue weighted by molar-refractivity contribution is 5.91. The molecule has 1 aliphatic rings. The third kappa shape index (κ3) is 3.35. The summed E-state index contributed by atoms with van der Waals surface area (Å²) in [4.78, 5) is 28.7. The fraction of sp³-hybridized carbons (Fsp3) is 0.368. The van der Waals surface area contributed by atoms with Crippen LogP contribution in [0.2, 0.25) is 0 Å². The predicted octanol–water partition coefficient (Wildman–Crippen LogP) is 2.76. The summed E-state index contributed by atoms with van der Waals surface area (Å²) in [6.07, 6.45) is 2.27. The molecular weight excluding hydrogens is 304 g/mol. The molecule has 5 nitrogen and oxygen atoms in total. The van der Waals surface area contributed by atoms with Crippen LogP contribution in [0.25, 0.3) is 0 Å². The monoisotopic (exact) mass is 326 g/mol. The molecular formula is C19H22N2O3. The number of nitrogens with zero attached hydrogens (tertiary/aromatic N) is 2. The Morgan fingerprint density at radius 3 is 2.25 bits per heavy atom. The maximum Gasteiger partial charge on any atom is 0.289 e. The van der Waals surface area contributed by atoms with Crippen molar-refractivity contribution in [1.82, 2.24) is 9.80 Å². The molecule has 1 aromatic heterocycles. The number of benzene rings is 1. The van der Waals surface area contributed by atoms with E-state index < -0.39 is 0 Å². The minimum absolute atomic E-state index is 0.109. The minimum Gasteiger partial charge on any atom is -0.459 e. The van der Waals surface area contributed by atoms with Crippen LogP contribution in [0.1, 0.15) is 35.4 Å². The first-order valence-electron chi connectivity index (χ1n) is 8.37. The molecule has 1 fully saturated rings. The summed E-state index contributed by atoms with van der Waals surface area (Å²) in [5, 5.41) is 0. The van der Waals surface area contributed by atoms with Gasteiger partial charge in [-0.05, 0) is 24.1 Å². The normalized spacial score (nSPS) is 16.0. The maximum atomic E-state index is 12.8. The number of amides is 2. The van der Waals surface area contributed by atoms with Gasteiger partial charge in [-0.2, -0.15) is 0 Å². The van der Waals surface area contributed by atoms with Gasteiger partial charge in [0.1, 0.15) is 0 Å². The van der Waals surface area contributed by atoms with Crippen molar-refractivity contribution in [1.29, 1.82) is 0 Å². The van der Waals surface area contributed by atoms with Crippen molar-refractivity contribution in [2.75, 3.05) is 26.2 Å². The van der Waals surface area contributed by atoms with E-state index in [1.54, 1.807) is 17.0 Å². The number of carbonyl (C=O) groups is 2. The molecule has 1 atom stereocenters. The van der Waals surface area contributed by atoms with E-state index >= 15 is 0 Å². The van der Waals surface area contributed by atoms with E-state index in [-0.39, 0.29) is 17.7 Å². The Balaban J connectivity index is 1.61. The summed E-state index contributed by atoms with van der Waals surface area (Å²) in [6, 6.07) is 13.3. The van der Waals surface area contributed by atoms with Gasteiger partial charge >= 0.3 is 0 Å². The highest BCUT2D eigenvalue weighted by Crippen LogP contribution is 2.23. The largest absolute Gasteiger partial charge is 0.459 e. The lowest BCUT2D eigenvalue weighted by molar-refractivity contribution is -0.134. The number of hydrogen-bond acceptors (Lipinski definition) is 3. The molecule has 1 saturated heterocycles. The number of rotatable bonds is 4. The SMILES string of the molecule is CC[C@@H](C(=O)N1CCN(C(=O)c2ccco2)CC1)c1ccccc1. The number of furan rings is 1. The van der Waals surface area contributed by atoms with Crippen molar-refractivity contribution in [2.24, 2.45) is 0 Å². The average Bonchev–Trinajstić information content (AvgIpc) is 3.17. The first-order valence-corrected chi connectivity index (χ1v) is 8.37. The van der Waals surface area contributed by atoms with Crippen molar-refractivity contribution in [3.05, 3.63) is 60.1 Å². The van der Waals surface area contributed by atoms with Crippen molar-refractivity contribution >= 4 is 11.8 Å². The van der Waals surface area contributed by atoms with E-state index in [9.17, 15) is 9.59 Å². The standard InChI is InChI=1S/C19H22N2O3/c1-2-16(15-7-4-3-5-8-15)18(22)20-10-12-21(13-11-20)19(23)17-9-6-14-24-17/h3-9,14,16H,2,10-13H2,1H3/t16-/m1/s1. The van der Waals surface area contributed by atoms with Crippen LogP contribution in [-0.4, -0.2) is 47.8 Å². The van der Waals surface area contributed by atoms with Gasteiger partial charge in [-0.1, -0.05) is 37.3 Å². The summed E-state index contributed by atoms with van der Waals surface area (Å²) >= 11 is 0. The van der Waals surface area contributed by atoms with Gasteiger partial charge in [0.2, 0.25) is 5.91 Å². The van der Waals surface area contributed by atoms with Gasteiger partial charge in [0.15, 0.2) is 5.76 Å². The first-order chi connectivity index (χ1) is 11.7. The molecule has 2 amide bonds. The third-order valence-electron chi connectivity index (χ3n) is 4.52. The predicted molar refractivity (Wildman–Crippen MR) is 90.7 cm³/mol. The topological polar surface area (TPSA) is 53.8 Å². The van der Waals surface area contributed by atoms with Crippen molar-refractivity contribution in [3.8, 4) is 0 Å². The highest BCUT2D eigenvalue weighted by Gasteiger charge is 2.29. The lowest BCUT2D eigenvalue weighted by Crippen LogP contribution is -2.51. The Morgan fingerprint density at radius 2 is 1.67 bits per heavy atom. The summed E-state index contributed by atoms with van der Waals surface area (Å²) in [5.74, 6) is 0.278. The molecule has 24 heavy (non-hydrogen) atoms. The van der Waals surface area contributed by atoms with Crippen LogP contribution < -0.4 is 0 Å². The minimum atomic E-state index is -0.112. The third-order valence-corrected chi connectivity index (χ3v) is 4.52. The Bertz CT molecular complexity index is 674. The molecule has 0 N–H and O–H groups in total. The highest BCUT2D eigenvalue weighted by atomic mass is 16.3. The molecule has 1 aliphatic heterocycles. The second-order valence-corrected chi connectivity index (χ2v) is 5.97. The Labute approximate surface area is 141 Å². The first kappa shape index (κ1) is 16.3. The molecule has 3 rings (SSSR count). The Hall–Kier alpha value is -2.56. The van der Waals surface area contributed by atoms with Gasteiger partial charge in [-0.15, -0.1) is 0 Å². The second kappa shape index (κ2) is 7.34. The van der Waals surface area contributed by atoms with Crippen LogP contribution >= 0.6 is 0 Å². The van der Waals surface area contributed by atoms with E-state index in [4.69, 9.17) is 4.42 Å². The van der Waals surface area contributed by atoms with Crippen LogP contribution in [0.3, 0.4) is 0 Å². The number of piperazine rings is 1. The zero-order valence-electron chi connectivity index (χ0n) is 13.9. The van der Waals surface area contributed by atoms with Gasteiger partial charge in [0, 0.05) is 26.2 Å². The zero-order valence-corrected chi connectivity index (χ0v) is 13.9. The van der Waals surface area contributed by atoms with Crippen LogP contribution in [-0.2, 0) is 4.79 Å². The molecule has 0 aliphatic carbocycles. The molecule has 5 heteroatoms. The summed E-state index contributed by atoms with van der Waals surface area (Å²) in [5.41, 5.74) is 1.05. The Kier molecular flexibility index (Phi) is 4.99. The summed E-state index contributed by atoms with van der Waals surface area (Å²) in [6.45, 7) is 4.24. The average molecular weight is 326 g/mol. The summed E-state index contributed by atoms with van der Waals surface area (Å²) < 4.78 is 5.16. The quantitative estimate of drug-likeness (QED) is 0.868. The van der Waals surface area contributed by atoms with Crippen LogP contribution in [0.5, 0.6) is 0 Å². The molecule has 2 heterocycles. The van der Waals surface area contributed by atoms with Gasteiger partial charge in [-0.3, -0.25) is 9.59 Å². The lowest BCUT2D eigenvalue weighted by atomic mass is 9.95. The van der Waals surface area contributed by atoms with Crippen LogP contribution in [0.15, 0.2) is 53.1 Å². The maximum absolute atomic E-state index is 12.8. The van der Waals surface area contributed by atoms with E-state index in [1.807, 2.05) is 42.2 Å². The second-order valence-electron chi connectivity index (χ2n) is 5.97.